The zero-order valence-corrected chi connectivity index (χ0v) is 44.7. The van der Waals surface area contributed by atoms with Crippen LogP contribution in [0, 0.1) is 0 Å². The van der Waals surface area contributed by atoms with Crippen molar-refractivity contribution in [1.29, 1.82) is 0 Å². The van der Waals surface area contributed by atoms with Crippen molar-refractivity contribution in [1.82, 2.24) is 0 Å². The molecule has 3 aliphatic carbocycles. The van der Waals surface area contributed by atoms with E-state index < -0.39 is 16.1 Å². The first-order valence-electron chi connectivity index (χ1n) is 26.0. The van der Waals surface area contributed by atoms with Crippen molar-refractivity contribution in [3.05, 3.63) is 203 Å². The SMILES string of the molecule is CC1(C)c2cc3c(cc2-c2cc4c(cc21)-c1c(cc(-c2cccc5c2-c2ccccc2[Si]5(C)C)c2ccccc12)C4(C)C)C(C)(C)c1cc(-c2cccc4c2-c2ccccc2[Si]4(C)C)c2ccccc2c1-3. The summed E-state index contributed by atoms with van der Waals surface area (Å²) in [5.74, 6) is 0. The number of benzene rings is 10. The monoisotopic (exact) mass is 942 g/mol. The third kappa shape index (κ3) is 5.01. The Bertz CT molecular complexity index is 3870. The molecule has 10 aromatic carbocycles. The molecule has 0 saturated heterocycles. The van der Waals surface area contributed by atoms with Crippen LogP contribution in [0.1, 0.15) is 74.9 Å². The highest BCUT2D eigenvalue weighted by molar-refractivity contribution is 7.04. The van der Waals surface area contributed by atoms with E-state index in [1.54, 1.807) is 20.7 Å². The number of hydrogen-bond acceptors (Lipinski definition) is 0. The summed E-state index contributed by atoms with van der Waals surface area (Å²) in [7, 11) is -3.70. The Hall–Kier alpha value is -6.85. The van der Waals surface area contributed by atoms with Gasteiger partial charge in [0.25, 0.3) is 0 Å². The smallest absolute Gasteiger partial charge is 0.0623 e. The number of rotatable bonds is 2. The summed E-state index contributed by atoms with van der Waals surface area (Å²) in [6.07, 6.45) is 0. The van der Waals surface area contributed by atoms with Crippen LogP contribution in [0.5, 0.6) is 0 Å². The molecule has 2 heteroatoms. The van der Waals surface area contributed by atoms with Gasteiger partial charge in [-0.3, -0.25) is 0 Å². The molecule has 2 aliphatic heterocycles. The molecule has 15 rings (SSSR count). The minimum absolute atomic E-state index is 0.191. The van der Waals surface area contributed by atoms with Crippen LogP contribution in [0.3, 0.4) is 0 Å². The fraction of sp³-hybridized carbons (Fsp3) is 0.188. The molecule has 0 amide bonds. The maximum absolute atomic E-state index is 2.63. The molecular weight excluding hydrogens is 885 g/mol. The second kappa shape index (κ2) is 13.4. The van der Waals surface area contributed by atoms with Crippen molar-refractivity contribution < 1.29 is 0 Å². The molecule has 342 valence electrons. The first-order chi connectivity index (χ1) is 34.0. The molecule has 10 aromatic rings. The third-order valence-corrected chi connectivity index (χ3v) is 26.2. The largest absolute Gasteiger partial charge is 0.113 e. The van der Waals surface area contributed by atoms with Crippen molar-refractivity contribution in [2.45, 2.75) is 84.0 Å². The van der Waals surface area contributed by atoms with E-state index in [9.17, 15) is 0 Å². The van der Waals surface area contributed by atoms with E-state index in [0.29, 0.717) is 0 Å². The van der Waals surface area contributed by atoms with Crippen molar-refractivity contribution in [3.63, 3.8) is 0 Å². The summed E-state index contributed by atoms with van der Waals surface area (Å²) in [6, 6.07) is 67.1. The first-order valence-corrected chi connectivity index (χ1v) is 32.0. The van der Waals surface area contributed by atoms with Gasteiger partial charge >= 0.3 is 0 Å². The second-order valence-corrected chi connectivity index (χ2v) is 33.0. The predicted octanol–water partition coefficient (Wildman–Crippen LogP) is 15.9. The molecule has 0 radical (unpaired) electrons. The van der Waals surface area contributed by atoms with E-state index in [1.807, 2.05) is 0 Å². The first kappa shape index (κ1) is 41.9. The zero-order valence-electron chi connectivity index (χ0n) is 42.7. The fourth-order valence-corrected chi connectivity index (χ4v) is 21.5. The maximum atomic E-state index is 2.63. The van der Waals surface area contributed by atoms with Gasteiger partial charge in [0.1, 0.15) is 16.1 Å². The summed E-state index contributed by atoms with van der Waals surface area (Å²) >= 11 is 0. The van der Waals surface area contributed by atoms with Gasteiger partial charge in [-0.2, -0.15) is 0 Å². The second-order valence-electron chi connectivity index (χ2n) is 24.3. The predicted molar refractivity (Wildman–Crippen MR) is 309 cm³/mol. The van der Waals surface area contributed by atoms with Crippen molar-refractivity contribution in [2.24, 2.45) is 0 Å². The zero-order chi connectivity index (χ0) is 48.5. The van der Waals surface area contributed by atoms with Gasteiger partial charge in [0, 0.05) is 16.2 Å². The fourth-order valence-electron chi connectivity index (χ4n) is 15.3. The summed E-state index contributed by atoms with van der Waals surface area (Å²) < 4.78 is 0. The van der Waals surface area contributed by atoms with Gasteiger partial charge in [-0.15, -0.1) is 0 Å². The van der Waals surface area contributed by atoms with Crippen LogP contribution in [0.15, 0.2) is 170 Å². The molecule has 0 unspecified atom stereocenters. The van der Waals surface area contributed by atoms with Crippen LogP contribution in [0.4, 0.5) is 0 Å². The Morgan fingerprint density at radius 2 is 0.535 bits per heavy atom. The lowest BCUT2D eigenvalue weighted by Crippen LogP contribution is -2.49. The molecule has 71 heavy (non-hydrogen) atoms. The van der Waals surface area contributed by atoms with Crippen LogP contribution in [0.2, 0.25) is 26.2 Å². The Kier molecular flexibility index (Phi) is 7.88. The Labute approximate surface area is 421 Å². The van der Waals surface area contributed by atoms with Crippen LogP contribution >= 0.6 is 0 Å². The van der Waals surface area contributed by atoms with E-state index in [1.165, 1.54) is 133 Å². The quantitative estimate of drug-likeness (QED) is 0.152. The Morgan fingerprint density at radius 3 is 0.958 bits per heavy atom. The van der Waals surface area contributed by atoms with Gasteiger partial charge < -0.3 is 0 Å². The molecule has 5 aliphatic rings. The maximum Gasteiger partial charge on any atom is 0.113 e. The molecule has 0 bridgehead atoms. The van der Waals surface area contributed by atoms with Crippen LogP contribution in [-0.2, 0) is 16.2 Å². The van der Waals surface area contributed by atoms with E-state index >= 15 is 0 Å². The molecule has 2 heterocycles. The van der Waals surface area contributed by atoms with Gasteiger partial charge in [0.15, 0.2) is 0 Å². The van der Waals surface area contributed by atoms with Gasteiger partial charge in [0.05, 0.1) is 0 Å². The highest BCUT2D eigenvalue weighted by Gasteiger charge is 2.47. The summed E-state index contributed by atoms with van der Waals surface area (Å²) in [5.41, 5.74) is 27.7. The van der Waals surface area contributed by atoms with E-state index in [-0.39, 0.29) is 16.2 Å². The summed E-state index contributed by atoms with van der Waals surface area (Å²) in [4.78, 5) is 0. The third-order valence-electron chi connectivity index (χ3n) is 19.1. The van der Waals surface area contributed by atoms with E-state index in [2.05, 4.69) is 238 Å². The highest BCUT2D eigenvalue weighted by Crippen LogP contribution is 2.62. The van der Waals surface area contributed by atoms with Crippen molar-refractivity contribution >= 4 is 58.4 Å². The summed E-state index contributed by atoms with van der Waals surface area (Å²) in [5, 5.41) is 11.6. The molecule has 0 fully saturated rings. The summed E-state index contributed by atoms with van der Waals surface area (Å²) in [6.45, 7) is 25.0. The van der Waals surface area contributed by atoms with Crippen molar-refractivity contribution in [2.75, 3.05) is 0 Å². The highest BCUT2D eigenvalue weighted by atomic mass is 28.3. The molecule has 0 N–H and O–H groups in total. The van der Waals surface area contributed by atoms with Crippen LogP contribution in [0.25, 0.3) is 99.4 Å². The van der Waals surface area contributed by atoms with Gasteiger partial charge in [-0.1, -0.05) is 201 Å². The normalized spacial score (nSPS) is 17.4. The molecule has 0 aromatic heterocycles. The van der Waals surface area contributed by atoms with Crippen LogP contribution < -0.4 is 20.7 Å². The molecule has 0 atom stereocenters. The lowest BCUT2D eigenvalue weighted by atomic mass is 9.78. The number of fused-ring (bicyclic) bond motifs is 19. The van der Waals surface area contributed by atoms with Gasteiger partial charge in [-0.05, 0) is 190 Å². The number of hydrogen-bond donors (Lipinski definition) is 0. The van der Waals surface area contributed by atoms with E-state index in [4.69, 9.17) is 0 Å². The lowest BCUT2D eigenvalue weighted by Gasteiger charge is -2.25. The van der Waals surface area contributed by atoms with Crippen LogP contribution in [-0.4, -0.2) is 16.1 Å². The molecule has 0 saturated carbocycles. The molecule has 0 nitrogen and oxygen atoms in total. The topological polar surface area (TPSA) is 0 Å². The molecular formula is C69H58Si2. The Balaban J connectivity index is 0.905. The lowest BCUT2D eigenvalue weighted by molar-refractivity contribution is 0.649. The van der Waals surface area contributed by atoms with Crippen molar-refractivity contribution in [3.8, 4) is 77.9 Å². The average Bonchev–Trinajstić information content (AvgIpc) is 4.01. The molecule has 0 spiro atoms. The average molecular weight is 943 g/mol. The minimum atomic E-state index is -1.85. The Morgan fingerprint density at radius 1 is 0.239 bits per heavy atom. The van der Waals surface area contributed by atoms with Gasteiger partial charge in [0.2, 0.25) is 0 Å². The van der Waals surface area contributed by atoms with E-state index in [0.717, 1.165) is 0 Å². The standard InChI is InChI=1S/C69H58Si2/c1-67(2)53-37-51-55(68(3,4)57-33-47(39-21-11-13-23-41(39)63(51)57)43-27-19-31-61-65(43)45-25-15-17-29-59(45)70(61,7)8)35-49(53)50-36-56-52(38-54(50)67)64-42-24-14-12-22-40(42)48(34-58(64)69(56,5)6)44-28-20-32-62-66(44)46-26-16-18-30-60(46)71(62,9)10/h11-38H,1-10H3. The minimum Gasteiger partial charge on any atom is -0.0623 e. The van der Waals surface area contributed by atoms with Gasteiger partial charge in [-0.25, -0.2) is 0 Å².